The third-order valence-electron chi connectivity index (χ3n) is 1.72. The van der Waals surface area contributed by atoms with Gasteiger partial charge in [-0.25, -0.2) is 4.98 Å². The minimum atomic E-state index is 0.218. The number of halogens is 1. The van der Waals surface area contributed by atoms with E-state index in [1.807, 2.05) is 0 Å². The fraction of sp³-hybridized carbons (Fsp3) is 0. The van der Waals surface area contributed by atoms with Gasteiger partial charge in [-0.1, -0.05) is 11.6 Å². The largest absolute Gasteiger partial charge is 0.294 e. The molecule has 2 rings (SSSR count). The van der Waals surface area contributed by atoms with Crippen molar-refractivity contribution in [3.63, 3.8) is 0 Å². The lowest BCUT2D eigenvalue weighted by Gasteiger charge is -1.93. The lowest BCUT2D eigenvalue weighted by atomic mass is 10.2. The molecule has 2 aromatic rings. The van der Waals surface area contributed by atoms with Crippen molar-refractivity contribution in [2.45, 2.75) is 0 Å². The summed E-state index contributed by atoms with van der Waals surface area (Å²) < 4.78 is 0. The smallest absolute Gasteiger partial charge is 0.189 e. The maximum absolute atomic E-state index is 10.4. The van der Waals surface area contributed by atoms with Crippen LogP contribution in [0.2, 0.25) is 5.02 Å². The molecule has 5 heteroatoms. The van der Waals surface area contributed by atoms with Gasteiger partial charge in [0.2, 0.25) is 0 Å². The molecule has 0 saturated carbocycles. The van der Waals surface area contributed by atoms with Crippen LogP contribution in [0.25, 0.3) is 11.4 Å². The number of nitrogens with zero attached hydrogens (tertiary/aromatic N) is 2. The van der Waals surface area contributed by atoms with E-state index in [1.54, 1.807) is 24.3 Å². The molecule has 0 fully saturated rings. The number of benzene rings is 1. The number of aromatic amines is 1. The average Bonchev–Trinajstić information content (AvgIpc) is 2.67. The van der Waals surface area contributed by atoms with Crippen molar-refractivity contribution in [2.24, 2.45) is 0 Å². The third kappa shape index (κ3) is 1.65. The molecule has 14 heavy (non-hydrogen) atoms. The number of hydrogen-bond donors (Lipinski definition) is 1. The third-order valence-corrected chi connectivity index (χ3v) is 1.97. The quantitative estimate of drug-likeness (QED) is 0.766. The first-order valence-corrected chi connectivity index (χ1v) is 4.31. The highest BCUT2D eigenvalue weighted by molar-refractivity contribution is 6.30. The van der Waals surface area contributed by atoms with E-state index < -0.39 is 0 Å². The zero-order chi connectivity index (χ0) is 9.97. The first kappa shape index (κ1) is 8.90. The molecule has 0 aliphatic heterocycles. The molecule has 0 atom stereocenters. The number of H-pyrrole nitrogens is 1. The lowest BCUT2D eigenvalue weighted by molar-refractivity contribution is 0.111. The van der Waals surface area contributed by atoms with Crippen LogP contribution in [-0.2, 0) is 0 Å². The van der Waals surface area contributed by atoms with Gasteiger partial charge >= 0.3 is 0 Å². The topological polar surface area (TPSA) is 58.6 Å². The van der Waals surface area contributed by atoms with Gasteiger partial charge in [0.05, 0.1) is 0 Å². The van der Waals surface area contributed by atoms with Crippen molar-refractivity contribution in [1.29, 1.82) is 0 Å². The van der Waals surface area contributed by atoms with Crippen LogP contribution >= 0.6 is 11.6 Å². The highest BCUT2D eigenvalue weighted by Crippen LogP contribution is 2.17. The van der Waals surface area contributed by atoms with E-state index in [0.717, 1.165) is 5.56 Å². The van der Waals surface area contributed by atoms with Crippen molar-refractivity contribution in [3.05, 3.63) is 35.1 Å². The Kier molecular flexibility index (Phi) is 2.28. The molecule has 1 N–H and O–H groups in total. The number of nitrogens with one attached hydrogen (secondary N) is 1. The van der Waals surface area contributed by atoms with E-state index in [1.165, 1.54) is 0 Å². The summed E-state index contributed by atoms with van der Waals surface area (Å²) in [5.41, 5.74) is 0.818. The Morgan fingerprint density at radius 2 is 2.00 bits per heavy atom. The zero-order valence-electron chi connectivity index (χ0n) is 7.07. The standard InChI is InChI=1S/C9H6ClN3O/c10-7-3-1-6(2-4-7)9-11-8(5-14)12-13-9/h1-5H,(H,11,12,13). The SMILES string of the molecule is O=Cc1nc(-c2ccc(Cl)cc2)n[nH]1. The molecule has 0 unspecified atom stereocenters. The number of aromatic nitrogens is 3. The second kappa shape index (κ2) is 3.59. The van der Waals surface area contributed by atoms with E-state index in [2.05, 4.69) is 15.2 Å². The summed E-state index contributed by atoms with van der Waals surface area (Å²) in [5.74, 6) is 0.707. The average molecular weight is 208 g/mol. The molecular formula is C9H6ClN3O. The van der Waals surface area contributed by atoms with Gasteiger partial charge < -0.3 is 0 Å². The predicted octanol–water partition coefficient (Wildman–Crippen LogP) is 1.94. The van der Waals surface area contributed by atoms with Gasteiger partial charge in [-0.15, -0.1) is 0 Å². The summed E-state index contributed by atoms with van der Waals surface area (Å²) in [6.45, 7) is 0. The molecular weight excluding hydrogens is 202 g/mol. The number of rotatable bonds is 2. The van der Waals surface area contributed by atoms with Gasteiger partial charge in [-0.05, 0) is 24.3 Å². The van der Waals surface area contributed by atoms with Crippen molar-refractivity contribution in [1.82, 2.24) is 15.2 Å². The minimum Gasteiger partial charge on any atom is -0.294 e. The van der Waals surface area contributed by atoms with Crippen LogP contribution in [0.5, 0.6) is 0 Å². The van der Waals surface area contributed by atoms with Gasteiger partial charge in [0, 0.05) is 10.6 Å². The molecule has 70 valence electrons. The monoisotopic (exact) mass is 207 g/mol. The van der Waals surface area contributed by atoms with E-state index in [-0.39, 0.29) is 5.82 Å². The Hall–Kier alpha value is -1.68. The molecule has 0 aliphatic rings. The number of carbonyl (C=O) groups is 1. The van der Waals surface area contributed by atoms with Crippen molar-refractivity contribution < 1.29 is 4.79 Å². The molecule has 1 aromatic carbocycles. The summed E-state index contributed by atoms with van der Waals surface area (Å²) in [5, 5.41) is 7.04. The fourth-order valence-electron chi connectivity index (χ4n) is 1.06. The van der Waals surface area contributed by atoms with Crippen LogP contribution in [0.15, 0.2) is 24.3 Å². The summed E-state index contributed by atoms with van der Waals surface area (Å²) in [6.07, 6.45) is 0.617. The van der Waals surface area contributed by atoms with Crippen LogP contribution in [0, 0.1) is 0 Å². The Morgan fingerprint density at radius 1 is 1.29 bits per heavy atom. The number of aldehydes is 1. The molecule has 0 aliphatic carbocycles. The first-order chi connectivity index (χ1) is 6.79. The molecule has 0 spiro atoms. The van der Waals surface area contributed by atoms with Crippen LogP contribution < -0.4 is 0 Å². The Morgan fingerprint density at radius 3 is 2.57 bits per heavy atom. The molecule has 4 nitrogen and oxygen atoms in total. The van der Waals surface area contributed by atoms with Crippen LogP contribution in [-0.4, -0.2) is 21.5 Å². The second-order valence-electron chi connectivity index (χ2n) is 2.67. The summed E-state index contributed by atoms with van der Waals surface area (Å²) in [6, 6.07) is 7.07. The summed E-state index contributed by atoms with van der Waals surface area (Å²) >= 11 is 5.73. The normalized spacial score (nSPS) is 10.1. The van der Waals surface area contributed by atoms with Crippen molar-refractivity contribution in [2.75, 3.05) is 0 Å². The predicted molar refractivity (Wildman–Crippen MR) is 52.2 cm³/mol. The van der Waals surface area contributed by atoms with E-state index in [9.17, 15) is 4.79 Å². The Bertz CT molecular complexity index is 449. The Labute approximate surface area is 84.9 Å². The molecule has 0 bridgehead atoms. The number of carbonyl (C=O) groups excluding carboxylic acids is 1. The molecule has 1 heterocycles. The van der Waals surface area contributed by atoms with Crippen LogP contribution in [0.1, 0.15) is 10.6 Å². The van der Waals surface area contributed by atoms with E-state index in [0.29, 0.717) is 17.1 Å². The van der Waals surface area contributed by atoms with Gasteiger partial charge in [-0.2, -0.15) is 5.10 Å². The van der Waals surface area contributed by atoms with Gasteiger partial charge in [0.15, 0.2) is 17.9 Å². The first-order valence-electron chi connectivity index (χ1n) is 3.93. The van der Waals surface area contributed by atoms with Crippen LogP contribution in [0.4, 0.5) is 0 Å². The van der Waals surface area contributed by atoms with E-state index >= 15 is 0 Å². The summed E-state index contributed by atoms with van der Waals surface area (Å²) in [4.78, 5) is 14.3. The zero-order valence-corrected chi connectivity index (χ0v) is 7.82. The van der Waals surface area contributed by atoms with Crippen molar-refractivity contribution >= 4 is 17.9 Å². The molecule has 1 aromatic heterocycles. The maximum Gasteiger partial charge on any atom is 0.189 e. The fourth-order valence-corrected chi connectivity index (χ4v) is 1.18. The van der Waals surface area contributed by atoms with Gasteiger partial charge in [0.1, 0.15) is 0 Å². The summed E-state index contributed by atoms with van der Waals surface area (Å²) in [7, 11) is 0. The highest BCUT2D eigenvalue weighted by Gasteiger charge is 2.04. The van der Waals surface area contributed by atoms with Gasteiger partial charge in [0.25, 0.3) is 0 Å². The molecule has 0 radical (unpaired) electrons. The molecule has 0 saturated heterocycles. The number of hydrogen-bond acceptors (Lipinski definition) is 3. The Balaban J connectivity index is 2.39. The van der Waals surface area contributed by atoms with Crippen LogP contribution in [0.3, 0.4) is 0 Å². The van der Waals surface area contributed by atoms with Crippen molar-refractivity contribution in [3.8, 4) is 11.4 Å². The lowest BCUT2D eigenvalue weighted by Crippen LogP contribution is -1.81. The maximum atomic E-state index is 10.4. The second-order valence-corrected chi connectivity index (χ2v) is 3.11. The highest BCUT2D eigenvalue weighted by atomic mass is 35.5. The van der Waals surface area contributed by atoms with Gasteiger partial charge in [-0.3, -0.25) is 9.89 Å². The van der Waals surface area contributed by atoms with E-state index in [4.69, 9.17) is 11.6 Å². The molecule has 0 amide bonds. The minimum absolute atomic E-state index is 0.218.